The summed E-state index contributed by atoms with van der Waals surface area (Å²) in [4.78, 5) is 4.81. The zero-order valence-electron chi connectivity index (χ0n) is 31.1. The van der Waals surface area contributed by atoms with Crippen molar-refractivity contribution < 1.29 is 10.2 Å². The number of benzene rings is 4. The summed E-state index contributed by atoms with van der Waals surface area (Å²) in [6, 6.07) is 34.2. The van der Waals surface area contributed by atoms with Gasteiger partial charge in [-0.2, -0.15) is 0 Å². The van der Waals surface area contributed by atoms with Crippen molar-refractivity contribution in [1.82, 2.24) is 0 Å². The Balaban J connectivity index is 0.000000195. The third kappa shape index (κ3) is 10.1. The number of hydrogen-bond donors (Lipinski definition) is 2. The lowest BCUT2D eigenvalue weighted by atomic mass is 9.86. The molecule has 2 atom stereocenters. The Morgan fingerprint density at radius 1 is 0.640 bits per heavy atom. The minimum atomic E-state index is 0.201. The van der Waals surface area contributed by atoms with Gasteiger partial charge in [-0.15, -0.1) is 0 Å². The second-order valence-corrected chi connectivity index (χ2v) is 15.6. The topological polar surface area (TPSA) is 46.9 Å². The standard InChI is InChI=1S/C24H31NO.C22H27NO/c1-18(26)16-23-6-5-15-25(23)22-13-9-20(10-14-22)17-19-7-11-21(12-8-19)24(2,3)4;1-16-6-9-20(17(2)13-16)15-19-7-10-21(11-8-19)23-12-4-5-22(23)14-18(3)24/h7-14,23,26H,1,5-6,15-17H2,2-4H3;6-11,13,22,24H,3-5,12,14-15H2,1-2H3. The lowest BCUT2D eigenvalue weighted by Gasteiger charge is -2.26. The SMILES string of the molecule is C=C(O)CC1CCCN1c1ccc(Cc2ccc(C(C)(C)C)cc2)cc1.C=C(O)CC1CCCN1c1ccc(Cc2ccc(C)cc2C)cc1. The molecule has 2 fully saturated rings. The fourth-order valence-corrected chi connectivity index (χ4v) is 7.55. The molecule has 0 bridgehead atoms. The normalized spacial score (nSPS) is 17.4. The van der Waals surface area contributed by atoms with E-state index in [0.29, 0.717) is 30.7 Å². The number of nitrogens with zero attached hydrogens (tertiary/aromatic N) is 2. The van der Waals surface area contributed by atoms with Crippen LogP contribution in [0.25, 0.3) is 0 Å². The Morgan fingerprint density at radius 2 is 1.08 bits per heavy atom. The van der Waals surface area contributed by atoms with Crippen molar-refractivity contribution in [3.8, 4) is 0 Å². The first-order valence-electron chi connectivity index (χ1n) is 18.5. The van der Waals surface area contributed by atoms with Gasteiger partial charge >= 0.3 is 0 Å². The molecule has 2 unspecified atom stereocenters. The molecule has 0 aliphatic carbocycles. The summed E-state index contributed by atoms with van der Waals surface area (Å²) in [6.07, 6.45) is 7.89. The first-order chi connectivity index (χ1) is 23.9. The van der Waals surface area contributed by atoms with Crippen molar-refractivity contribution in [3.63, 3.8) is 0 Å². The Labute approximate surface area is 301 Å². The van der Waals surface area contributed by atoms with E-state index in [1.165, 1.54) is 63.2 Å². The van der Waals surface area contributed by atoms with E-state index in [-0.39, 0.29) is 11.2 Å². The number of rotatable bonds is 10. The van der Waals surface area contributed by atoms with Crippen molar-refractivity contribution in [3.05, 3.63) is 155 Å². The van der Waals surface area contributed by atoms with Gasteiger partial charge in [0.2, 0.25) is 0 Å². The van der Waals surface area contributed by atoms with Crippen LogP contribution in [-0.4, -0.2) is 35.4 Å². The quantitative estimate of drug-likeness (QED) is 0.165. The van der Waals surface area contributed by atoms with Crippen LogP contribution in [0.3, 0.4) is 0 Å². The van der Waals surface area contributed by atoms with E-state index in [0.717, 1.165) is 38.8 Å². The molecule has 2 N–H and O–H groups in total. The zero-order valence-corrected chi connectivity index (χ0v) is 31.1. The highest BCUT2D eigenvalue weighted by Crippen LogP contribution is 2.31. The van der Waals surface area contributed by atoms with Gasteiger partial charge in [-0.3, -0.25) is 0 Å². The predicted molar refractivity (Wildman–Crippen MR) is 213 cm³/mol. The number of aryl methyl sites for hydroxylation is 2. The molecule has 0 amide bonds. The molecule has 2 heterocycles. The summed E-state index contributed by atoms with van der Waals surface area (Å²) in [7, 11) is 0. The molecule has 264 valence electrons. The minimum absolute atomic E-state index is 0.201. The second kappa shape index (κ2) is 16.5. The van der Waals surface area contributed by atoms with Crippen LogP contribution in [0.1, 0.15) is 98.2 Å². The van der Waals surface area contributed by atoms with E-state index in [1.807, 2.05) is 0 Å². The highest BCUT2D eigenvalue weighted by Gasteiger charge is 2.26. The molecular formula is C46H58N2O2. The lowest BCUT2D eigenvalue weighted by molar-refractivity contribution is 0.375. The molecule has 4 heteroatoms. The molecule has 2 aliphatic rings. The van der Waals surface area contributed by atoms with Crippen LogP contribution < -0.4 is 9.80 Å². The summed E-state index contributed by atoms with van der Waals surface area (Å²) in [6.45, 7) is 20.5. The van der Waals surface area contributed by atoms with Crippen LogP contribution in [0.5, 0.6) is 0 Å². The van der Waals surface area contributed by atoms with Gasteiger partial charge in [-0.05, 0) is 115 Å². The molecule has 6 rings (SSSR count). The second-order valence-electron chi connectivity index (χ2n) is 15.6. The predicted octanol–water partition coefficient (Wildman–Crippen LogP) is 11.3. The first kappa shape index (κ1) is 36.8. The van der Waals surface area contributed by atoms with Crippen molar-refractivity contribution in [2.24, 2.45) is 0 Å². The number of hydrogen-bond acceptors (Lipinski definition) is 4. The monoisotopic (exact) mass is 670 g/mol. The average Bonchev–Trinajstić information content (AvgIpc) is 3.72. The third-order valence-corrected chi connectivity index (χ3v) is 10.4. The number of anilines is 2. The van der Waals surface area contributed by atoms with Crippen LogP contribution in [0.15, 0.2) is 116 Å². The van der Waals surface area contributed by atoms with Gasteiger partial charge in [0.25, 0.3) is 0 Å². The van der Waals surface area contributed by atoms with Gasteiger partial charge in [0.15, 0.2) is 0 Å². The molecule has 2 aliphatic heterocycles. The molecule has 2 saturated heterocycles. The van der Waals surface area contributed by atoms with E-state index < -0.39 is 0 Å². The third-order valence-electron chi connectivity index (χ3n) is 10.4. The van der Waals surface area contributed by atoms with Gasteiger partial charge in [0.05, 0.1) is 11.5 Å². The van der Waals surface area contributed by atoms with E-state index in [2.05, 4.69) is 149 Å². The largest absolute Gasteiger partial charge is 0.513 e. The summed E-state index contributed by atoms with van der Waals surface area (Å²) < 4.78 is 0. The van der Waals surface area contributed by atoms with Gasteiger partial charge in [-0.1, -0.05) is 106 Å². The zero-order chi connectivity index (χ0) is 35.8. The summed E-state index contributed by atoms with van der Waals surface area (Å²) in [5.74, 6) is 0.579. The smallest absolute Gasteiger partial charge is 0.0871 e. The Kier molecular flexibility index (Phi) is 12.2. The van der Waals surface area contributed by atoms with Gasteiger partial charge in [0, 0.05) is 49.4 Å². The van der Waals surface area contributed by atoms with Crippen LogP contribution in [0.2, 0.25) is 0 Å². The minimum Gasteiger partial charge on any atom is -0.513 e. The summed E-state index contributed by atoms with van der Waals surface area (Å²) >= 11 is 0. The molecule has 4 aromatic carbocycles. The fourth-order valence-electron chi connectivity index (χ4n) is 7.55. The molecule has 0 spiro atoms. The molecule has 4 aromatic rings. The van der Waals surface area contributed by atoms with Crippen LogP contribution in [-0.2, 0) is 18.3 Å². The number of aliphatic hydroxyl groups excluding tert-OH is 2. The highest BCUT2D eigenvalue weighted by molar-refractivity contribution is 5.51. The maximum absolute atomic E-state index is 9.53. The highest BCUT2D eigenvalue weighted by atomic mass is 16.3. The molecule has 50 heavy (non-hydrogen) atoms. The Bertz CT molecular complexity index is 1710. The molecule has 4 nitrogen and oxygen atoms in total. The maximum atomic E-state index is 9.53. The van der Waals surface area contributed by atoms with E-state index in [4.69, 9.17) is 0 Å². The molecule has 0 saturated carbocycles. The van der Waals surface area contributed by atoms with Gasteiger partial charge in [0.1, 0.15) is 0 Å². The van der Waals surface area contributed by atoms with E-state index in [1.54, 1.807) is 0 Å². The van der Waals surface area contributed by atoms with Gasteiger partial charge in [-0.25, -0.2) is 0 Å². The fraction of sp³-hybridized carbons (Fsp3) is 0.391. The van der Waals surface area contributed by atoms with Crippen LogP contribution in [0, 0.1) is 13.8 Å². The molecule has 0 aromatic heterocycles. The summed E-state index contributed by atoms with van der Waals surface area (Å²) in [5.41, 5.74) is 12.2. The molecular weight excluding hydrogens is 613 g/mol. The van der Waals surface area contributed by atoms with Crippen LogP contribution >= 0.6 is 0 Å². The number of aliphatic hydroxyl groups is 2. The Morgan fingerprint density at radius 3 is 1.50 bits per heavy atom. The lowest BCUT2D eigenvalue weighted by Crippen LogP contribution is -2.29. The maximum Gasteiger partial charge on any atom is 0.0871 e. The van der Waals surface area contributed by atoms with Crippen molar-refractivity contribution in [2.45, 2.75) is 103 Å². The first-order valence-corrected chi connectivity index (χ1v) is 18.5. The van der Waals surface area contributed by atoms with Crippen LogP contribution in [0.4, 0.5) is 11.4 Å². The van der Waals surface area contributed by atoms with Crippen molar-refractivity contribution >= 4 is 11.4 Å². The molecule has 0 radical (unpaired) electrons. The van der Waals surface area contributed by atoms with E-state index in [9.17, 15) is 10.2 Å². The van der Waals surface area contributed by atoms with E-state index >= 15 is 0 Å². The Hall–Kier alpha value is -4.44. The van der Waals surface area contributed by atoms with Crippen molar-refractivity contribution in [1.29, 1.82) is 0 Å². The van der Waals surface area contributed by atoms with Gasteiger partial charge < -0.3 is 20.0 Å². The van der Waals surface area contributed by atoms with Crippen molar-refractivity contribution in [2.75, 3.05) is 22.9 Å². The summed E-state index contributed by atoms with van der Waals surface area (Å²) in [5, 5.41) is 19.0. The average molecular weight is 671 g/mol.